The maximum atomic E-state index is 11.9. The largest absolute Gasteiger partial charge is 0.409 e. The van der Waals surface area contributed by atoms with Crippen LogP contribution in [0.1, 0.15) is 13.3 Å². The molecule has 1 aliphatic rings. The zero-order valence-electron chi connectivity index (χ0n) is 12.0. The lowest BCUT2D eigenvalue weighted by Gasteiger charge is -2.37. The number of hydrogen-bond donors (Lipinski definition) is 2. The Labute approximate surface area is 122 Å². The molecule has 1 amide bonds. The lowest BCUT2D eigenvalue weighted by Crippen LogP contribution is -2.54. The first kappa shape index (κ1) is 17.6. The lowest BCUT2D eigenvalue weighted by molar-refractivity contribution is -0.134. The molecule has 0 aromatic heterocycles. The molecule has 122 valence electrons. The van der Waals surface area contributed by atoms with E-state index in [0.29, 0.717) is 26.2 Å². The van der Waals surface area contributed by atoms with Gasteiger partial charge < -0.3 is 20.6 Å². The van der Waals surface area contributed by atoms with Gasteiger partial charge in [-0.1, -0.05) is 5.16 Å². The van der Waals surface area contributed by atoms with Crippen LogP contribution in [0.4, 0.5) is 8.78 Å². The average molecular weight is 308 g/mol. The molecule has 1 unspecified atom stereocenters. The first-order valence-electron chi connectivity index (χ1n) is 6.80. The van der Waals surface area contributed by atoms with Crippen LogP contribution in [0.3, 0.4) is 0 Å². The average Bonchev–Trinajstić information content (AvgIpc) is 2.49. The van der Waals surface area contributed by atoms with E-state index >= 15 is 0 Å². The van der Waals surface area contributed by atoms with Gasteiger partial charge in [0.05, 0.1) is 19.1 Å². The monoisotopic (exact) mass is 308 g/mol. The maximum Gasteiger partial charge on any atom is 0.261 e. The Morgan fingerprint density at radius 1 is 1.38 bits per heavy atom. The minimum atomic E-state index is -2.51. The fraction of sp³-hybridized carbons (Fsp3) is 0.833. The van der Waals surface area contributed by atoms with Crippen molar-refractivity contribution in [3.05, 3.63) is 0 Å². The van der Waals surface area contributed by atoms with E-state index in [9.17, 15) is 13.6 Å². The van der Waals surface area contributed by atoms with Crippen molar-refractivity contribution < 1.29 is 23.5 Å². The molecule has 21 heavy (non-hydrogen) atoms. The summed E-state index contributed by atoms with van der Waals surface area (Å²) in [5, 5.41) is 11.6. The van der Waals surface area contributed by atoms with Gasteiger partial charge in [0.15, 0.2) is 5.84 Å². The molecule has 0 saturated carbocycles. The molecule has 0 spiro atoms. The Bertz CT molecular complexity index is 360. The summed E-state index contributed by atoms with van der Waals surface area (Å²) in [6, 6.07) is -0.193. The van der Waals surface area contributed by atoms with Crippen LogP contribution >= 0.6 is 0 Å². The molecule has 0 aromatic carbocycles. The predicted molar refractivity (Wildman–Crippen MR) is 72.5 cm³/mol. The van der Waals surface area contributed by atoms with E-state index in [-0.39, 0.29) is 30.8 Å². The molecular weight excluding hydrogens is 286 g/mol. The molecule has 3 N–H and O–H groups in total. The van der Waals surface area contributed by atoms with Gasteiger partial charge in [0.25, 0.3) is 6.43 Å². The van der Waals surface area contributed by atoms with Gasteiger partial charge in [-0.25, -0.2) is 8.78 Å². The number of nitrogens with two attached hydrogens (primary N) is 1. The molecule has 0 bridgehead atoms. The van der Waals surface area contributed by atoms with Crippen LogP contribution in [-0.2, 0) is 9.53 Å². The number of amidine groups is 1. The molecule has 1 heterocycles. The first-order chi connectivity index (χ1) is 9.95. The normalized spacial score (nSPS) is 19.0. The van der Waals surface area contributed by atoms with Crippen LogP contribution in [0.5, 0.6) is 0 Å². The van der Waals surface area contributed by atoms with Crippen LogP contribution in [-0.4, -0.2) is 78.6 Å². The molecule has 1 rings (SSSR count). The fourth-order valence-corrected chi connectivity index (χ4v) is 2.12. The van der Waals surface area contributed by atoms with E-state index in [1.165, 1.54) is 0 Å². The number of piperazine rings is 1. The minimum Gasteiger partial charge on any atom is -0.409 e. The number of amides is 1. The van der Waals surface area contributed by atoms with Crippen LogP contribution in [0, 0.1) is 0 Å². The second-order valence-electron chi connectivity index (χ2n) is 4.83. The standard InChI is InChI=1S/C12H22F2N4O3/c1-9(12(15)16-20)17-3-5-18(6-4-17)11(19)2-7-21-8-10(13)14/h9-10,20H,2-8H2,1H3,(H2,15,16). The molecule has 9 heteroatoms. The highest BCUT2D eigenvalue weighted by atomic mass is 19.3. The zero-order valence-corrected chi connectivity index (χ0v) is 12.0. The number of alkyl halides is 2. The summed E-state index contributed by atoms with van der Waals surface area (Å²) < 4.78 is 28.4. The van der Waals surface area contributed by atoms with Crippen molar-refractivity contribution in [3.8, 4) is 0 Å². The van der Waals surface area contributed by atoms with E-state index in [0.717, 1.165) is 0 Å². The van der Waals surface area contributed by atoms with Gasteiger partial charge in [0.2, 0.25) is 5.91 Å². The topological polar surface area (TPSA) is 91.4 Å². The number of carbonyl (C=O) groups is 1. The smallest absolute Gasteiger partial charge is 0.261 e. The number of nitrogens with zero attached hydrogens (tertiary/aromatic N) is 3. The molecule has 0 aromatic rings. The van der Waals surface area contributed by atoms with Gasteiger partial charge in [0, 0.05) is 26.2 Å². The lowest BCUT2D eigenvalue weighted by atomic mass is 10.2. The molecule has 0 radical (unpaired) electrons. The van der Waals surface area contributed by atoms with Gasteiger partial charge >= 0.3 is 0 Å². The van der Waals surface area contributed by atoms with Crippen LogP contribution < -0.4 is 5.73 Å². The van der Waals surface area contributed by atoms with Crippen LogP contribution in [0.2, 0.25) is 0 Å². The second kappa shape index (κ2) is 8.73. The molecule has 1 fully saturated rings. The Balaban J connectivity index is 2.27. The maximum absolute atomic E-state index is 11.9. The summed E-state index contributed by atoms with van der Waals surface area (Å²) in [5.74, 6) is 0.0237. The van der Waals surface area contributed by atoms with Crippen LogP contribution in [0.25, 0.3) is 0 Å². The highest BCUT2D eigenvalue weighted by Crippen LogP contribution is 2.08. The van der Waals surface area contributed by atoms with Gasteiger partial charge in [-0.05, 0) is 6.92 Å². The van der Waals surface area contributed by atoms with Gasteiger partial charge in [-0.15, -0.1) is 0 Å². The van der Waals surface area contributed by atoms with Gasteiger partial charge in [-0.2, -0.15) is 0 Å². The van der Waals surface area contributed by atoms with Crippen molar-refractivity contribution in [2.24, 2.45) is 10.9 Å². The molecule has 0 aliphatic carbocycles. The summed E-state index contributed by atoms with van der Waals surface area (Å²) in [6.07, 6.45) is -2.41. The SMILES string of the molecule is CC(C(N)=NO)N1CCN(C(=O)CCOCC(F)F)CC1. The zero-order chi connectivity index (χ0) is 15.8. The van der Waals surface area contributed by atoms with E-state index in [1.54, 1.807) is 4.90 Å². The molecular formula is C12H22F2N4O3. The van der Waals surface area contributed by atoms with E-state index in [4.69, 9.17) is 15.7 Å². The summed E-state index contributed by atoms with van der Waals surface area (Å²) in [4.78, 5) is 15.5. The number of ether oxygens (including phenoxy) is 1. The second-order valence-corrected chi connectivity index (χ2v) is 4.83. The van der Waals surface area contributed by atoms with Gasteiger partial charge in [-0.3, -0.25) is 9.69 Å². The van der Waals surface area contributed by atoms with Crippen molar-refractivity contribution in [2.45, 2.75) is 25.8 Å². The number of oxime groups is 1. The molecule has 1 aliphatic heterocycles. The Kier molecular flexibility index (Phi) is 7.30. The van der Waals surface area contributed by atoms with E-state index in [1.807, 2.05) is 11.8 Å². The number of halogens is 2. The van der Waals surface area contributed by atoms with Crippen molar-refractivity contribution >= 4 is 11.7 Å². The minimum absolute atomic E-state index is 0.00388. The molecule has 7 nitrogen and oxygen atoms in total. The predicted octanol–water partition coefficient (Wildman–Crippen LogP) is -0.0627. The van der Waals surface area contributed by atoms with Crippen molar-refractivity contribution in [2.75, 3.05) is 39.4 Å². The van der Waals surface area contributed by atoms with E-state index < -0.39 is 13.0 Å². The van der Waals surface area contributed by atoms with Gasteiger partial charge in [0.1, 0.15) is 6.61 Å². The Hall–Kier alpha value is -1.48. The van der Waals surface area contributed by atoms with Crippen molar-refractivity contribution in [1.82, 2.24) is 9.80 Å². The first-order valence-corrected chi connectivity index (χ1v) is 6.80. The van der Waals surface area contributed by atoms with Crippen LogP contribution in [0.15, 0.2) is 5.16 Å². The van der Waals surface area contributed by atoms with Crippen molar-refractivity contribution in [1.29, 1.82) is 0 Å². The summed E-state index contributed by atoms with van der Waals surface area (Å²) in [7, 11) is 0. The van der Waals surface area contributed by atoms with Crippen molar-refractivity contribution in [3.63, 3.8) is 0 Å². The highest BCUT2D eigenvalue weighted by Gasteiger charge is 2.25. The molecule has 1 atom stereocenters. The fourth-order valence-electron chi connectivity index (χ4n) is 2.12. The highest BCUT2D eigenvalue weighted by molar-refractivity contribution is 5.84. The summed E-state index contributed by atoms with van der Waals surface area (Å²) in [6.45, 7) is 3.46. The number of carbonyl (C=O) groups excluding carboxylic acids is 1. The Morgan fingerprint density at radius 3 is 2.52 bits per heavy atom. The Morgan fingerprint density at radius 2 is 2.00 bits per heavy atom. The third-order valence-electron chi connectivity index (χ3n) is 3.46. The molecule has 1 saturated heterocycles. The number of rotatable bonds is 7. The number of hydrogen-bond acceptors (Lipinski definition) is 5. The summed E-state index contributed by atoms with van der Waals surface area (Å²) >= 11 is 0. The third-order valence-corrected chi connectivity index (χ3v) is 3.46. The summed E-state index contributed by atoms with van der Waals surface area (Å²) in [5.41, 5.74) is 5.55. The quantitative estimate of drug-likeness (QED) is 0.226. The third kappa shape index (κ3) is 5.80. The van der Waals surface area contributed by atoms with E-state index in [2.05, 4.69) is 5.16 Å².